The van der Waals surface area contributed by atoms with Crippen LogP contribution in [0, 0.1) is 0 Å². The molecule has 2 rings (SSSR count). The minimum Gasteiger partial charge on any atom is -0.335 e. The van der Waals surface area contributed by atoms with Crippen LogP contribution in [0.15, 0.2) is 36.4 Å². The van der Waals surface area contributed by atoms with Crippen LogP contribution in [0.4, 0.5) is 0 Å². The summed E-state index contributed by atoms with van der Waals surface area (Å²) in [7, 11) is 0. The zero-order chi connectivity index (χ0) is 17.4. The number of nitrogens with zero attached hydrogens (tertiary/aromatic N) is 3. The number of piperazine rings is 1. The lowest BCUT2D eigenvalue weighted by atomic mass is 10.2. The second-order valence-electron chi connectivity index (χ2n) is 5.88. The molecule has 1 fully saturated rings. The van der Waals surface area contributed by atoms with E-state index in [1.54, 1.807) is 9.80 Å². The molecule has 1 aromatic rings. The minimum absolute atomic E-state index is 0.363. The summed E-state index contributed by atoms with van der Waals surface area (Å²) < 4.78 is 0. The van der Waals surface area contributed by atoms with Gasteiger partial charge in [0.05, 0.1) is 0 Å². The van der Waals surface area contributed by atoms with Crippen LogP contribution in [0.1, 0.15) is 19.4 Å². The summed E-state index contributed by atoms with van der Waals surface area (Å²) in [5.74, 6) is -0.740. The number of carbonyl (C=O) groups excluding carboxylic acids is 2. The summed E-state index contributed by atoms with van der Waals surface area (Å²) in [5, 5.41) is 0. The predicted molar refractivity (Wildman–Crippen MR) is 96.4 cm³/mol. The van der Waals surface area contributed by atoms with E-state index in [-0.39, 0.29) is 11.8 Å². The number of hydrogen-bond acceptors (Lipinski definition) is 3. The van der Waals surface area contributed by atoms with Crippen LogP contribution in [-0.2, 0) is 9.59 Å². The van der Waals surface area contributed by atoms with E-state index >= 15 is 0 Å². The van der Waals surface area contributed by atoms with E-state index in [9.17, 15) is 9.59 Å². The Morgan fingerprint density at radius 3 is 2.25 bits per heavy atom. The lowest BCUT2D eigenvalue weighted by Gasteiger charge is -2.34. The Morgan fingerprint density at radius 2 is 1.67 bits per heavy atom. The first-order chi connectivity index (χ1) is 11.7. The lowest BCUT2D eigenvalue weighted by Crippen LogP contribution is -2.53. The molecule has 2 amide bonds. The molecule has 0 atom stereocenters. The van der Waals surface area contributed by atoms with Gasteiger partial charge in [-0.15, -0.1) is 0 Å². The molecular formula is C19H27N3O2. The summed E-state index contributed by atoms with van der Waals surface area (Å²) in [6.07, 6.45) is 4.26. The van der Waals surface area contributed by atoms with Gasteiger partial charge in [-0.05, 0) is 19.4 Å². The largest absolute Gasteiger partial charge is 0.335 e. The molecular weight excluding hydrogens is 302 g/mol. The smallest absolute Gasteiger partial charge is 0.312 e. The topological polar surface area (TPSA) is 43.9 Å². The van der Waals surface area contributed by atoms with Gasteiger partial charge in [0, 0.05) is 45.8 Å². The second kappa shape index (κ2) is 9.23. The van der Waals surface area contributed by atoms with Crippen molar-refractivity contribution >= 4 is 17.9 Å². The number of carbonyl (C=O) groups is 2. The molecule has 0 unspecified atom stereocenters. The molecule has 5 nitrogen and oxygen atoms in total. The van der Waals surface area contributed by atoms with E-state index in [4.69, 9.17) is 0 Å². The van der Waals surface area contributed by atoms with E-state index in [0.29, 0.717) is 26.2 Å². The summed E-state index contributed by atoms with van der Waals surface area (Å²) in [4.78, 5) is 29.9. The average molecular weight is 329 g/mol. The van der Waals surface area contributed by atoms with Crippen LogP contribution in [0.25, 0.3) is 6.08 Å². The molecule has 0 bridgehead atoms. The molecule has 130 valence electrons. The van der Waals surface area contributed by atoms with Crippen LogP contribution >= 0.6 is 0 Å². The molecule has 0 N–H and O–H groups in total. The summed E-state index contributed by atoms with van der Waals surface area (Å²) in [6.45, 7) is 8.64. The third kappa shape index (κ3) is 4.93. The van der Waals surface area contributed by atoms with E-state index < -0.39 is 0 Å². The normalized spacial score (nSPS) is 15.7. The van der Waals surface area contributed by atoms with Crippen LogP contribution in [-0.4, -0.2) is 72.3 Å². The highest BCUT2D eigenvalue weighted by Crippen LogP contribution is 2.06. The van der Waals surface area contributed by atoms with Gasteiger partial charge < -0.3 is 9.80 Å². The fraction of sp³-hybridized carbons (Fsp3) is 0.474. The van der Waals surface area contributed by atoms with Gasteiger partial charge in [-0.3, -0.25) is 14.5 Å². The number of likely N-dealkylation sites (N-methyl/N-ethyl adjacent to an activating group) is 1. The van der Waals surface area contributed by atoms with E-state index in [2.05, 4.69) is 29.2 Å². The van der Waals surface area contributed by atoms with Crippen molar-refractivity contribution in [2.45, 2.75) is 13.8 Å². The molecule has 0 aliphatic carbocycles. The Balaban J connectivity index is 1.78. The summed E-state index contributed by atoms with van der Waals surface area (Å²) >= 11 is 0. The van der Waals surface area contributed by atoms with E-state index in [1.165, 1.54) is 5.56 Å². The zero-order valence-electron chi connectivity index (χ0n) is 14.6. The van der Waals surface area contributed by atoms with Crippen LogP contribution in [0.5, 0.6) is 0 Å². The number of benzene rings is 1. The molecule has 0 saturated carbocycles. The van der Waals surface area contributed by atoms with Crippen molar-refractivity contribution < 1.29 is 9.59 Å². The first-order valence-corrected chi connectivity index (χ1v) is 8.67. The molecule has 1 saturated heterocycles. The van der Waals surface area contributed by atoms with Gasteiger partial charge in [-0.2, -0.15) is 0 Å². The van der Waals surface area contributed by atoms with Crippen molar-refractivity contribution in [3.8, 4) is 0 Å². The Kier molecular flexibility index (Phi) is 7.00. The SMILES string of the molecule is CCN(CC)C(=O)C(=O)N1CCN(C/C=C/c2ccccc2)CC1. The predicted octanol–water partition coefficient (Wildman–Crippen LogP) is 1.71. The van der Waals surface area contributed by atoms with Gasteiger partial charge >= 0.3 is 11.8 Å². The lowest BCUT2D eigenvalue weighted by molar-refractivity contribution is -0.152. The maximum Gasteiger partial charge on any atom is 0.312 e. The van der Waals surface area contributed by atoms with Gasteiger partial charge in [0.1, 0.15) is 0 Å². The Labute approximate surface area is 144 Å². The van der Waals surface area contributed by atoms with Crippen LogP contribution < -0.4 is 0 Å². The standard InChI is InChI=1S/C19H27N3O2/c1-3-21(4-2)18(23)19(24)22-15-13-20(14-16-22)12-8-11-17-9-6-5-7-10-17/h5-11H,3-4,12-16H2,1-2H3/b11-8+. The number of hydrogen-bond donors (Lipinski definition) is 0. The molecule has 0 radical (unpaired) electrons. The highest BCUT2D eigenvalue weighted by molar-refractivity contribution is 6.34. The fourth-order valence-electron chi connectivity index (χ4n) is 2.82. The minimum atomic E-state index is -0.377. The molecule has 1 aromatic carbocycles. The van der Waals surface area contributed by atoms with Gasteiger partial charge in [0.25, 0.3) is 0 Å². The molecule has 24 heavy (non-hydrogen) atoms. The fourth-order valence-corrected chi connectivity index (χ4v) is 2.82. The summed E-state index contributed by atoms with van der Waals surface area (Å²) in [6, 6.07) is 10.2. The maximum atomic E-state index is 12.3. The van der Waals surface area contributed by atoms with Crippen LogP contribution in [0.3, 0.4) is 0 Å². The Morgan fingerprint density at radius 1 is 1.04 bits per heavy atom. The second-order valence-corrected chi connectivity index (χ2v) is 5.88. The van der Waals surface area contributed by atoms with Crippen molar-refractivity contribution in [1.29, 1.82) is 0 Å². The first kappa shape index (κ1) is 18.2. The first-order valence-electron chi connectivity index (χ1n) is 8.67. The third-order valence-electron chi connectivity index (χ3n) is 4.37. The molecule has 0 aromatic heterocycles. The monoisotopic (exact) mass is 329 g/mol. The number of rotatable bonds is 5. The average Bonchev–Trinajstić information content (AvgIpc) is 2.63. The quantitative estimate of drug-likeness (QED) is 0.773. The van der Waals surface area contributed by atoms with Crippen molar-refractivity contribution in [1.82, 2.24) is 14.7 Å². The highest BCUT2D eigenvalue weighted by Gasteiger charge is 2.28. The number of amides is 2. The van der Waals surface area contributed by atoms with E-state index in [1.807, 2.05) is 32.0 Å². The molecule has 1 aliphatic heterocycles. The van der Waals surface area contributed by atoms with Crippen molar-refractivity contribution in [3.05, 3.63) is 42.0 Å². The maximum absolute atomic E-state index is 12.3. The van der Waals surface area contributed by atoms with Crippen molar-refractivity contribution in [2.24, 2.45) is 0 Å². The summed E-state index contributed by atoms with van der Waals surface area (Å²) in [5.41, 5.74) is 1.19. The van der Waals surface area contributed by atoms with Crippen molar-refractivity contribution in [2.75, 3.05) is 45.8 Å². The zero-order valence-corrected chi connectivity index (χ0v) is 14.6. The Hall–Kier alpha value is -2.14. The molecule has 1 aliphatic rings. The van der Waals surface area contributed by atoms with Gasteiger partial charge in [0.2, 0.25) is 0 Å². The molecule has 5 heteroatoms. The van der Waals surface area contributed by atoms with Gasteiger partial charge in [-0.1, -0.05) is 42.5 Å². The Bertz CT molecular complexity index is 559. The highest BCUT2D eigenvalue weighted by atomic mass is 16.2. The molecule has 1 heterocycles. The van der Waals surface area contributed by atoms with Crippen molar-refractivity contribution in [3.63, 3.8) is 0 Å². The van der Waals surface area contributed by atoms with E-state index in [0.717, 1.165) is 19.6 Å². The van der Waals surface area contributed by atoms with Crippen LogP contribution in [0.2, 0.25) is 0 Å². The van der Waals surface area contributed by atoms with Gasteiger partial charge in [-0.25, -0.2) is 0 Å². The third-order valence-corrected chi connectivity index (χ3v) is 4.37. The van der Waals surface area contributed by atoms with Gasteiger partial charge in [0.15, 0.2) is 0 Å². The molecule has 0 spiro atoms.